The number of aromatic amines is 1. The van der Waals surface area contributed by atoms with Gasteiger partial charge in [0.05, 0.1) is 12.5 Å². The number of H-pyrrole nitrogens is 1. The molecule has 0 fully saturated rings. The predicted octanol–water partition coefficient (Wildman–Crippen LogP) is 4.20. The van der Waals surface area contributed by atoms with Gasteiger partial charge in [0.15, 0.2) is 0 Å². The minimum Gasteiger partial charge on any atom is -0.358 e. The number of aryl methyl sites for hydroxylation is 2. The molecule has 1 amide bonds. The Kier molecular flexibility index (Phi) is 4.20. The van der Waals surface area contributed by atoms with E-state index in [1.165, 1.54) is 5.56 Å². The van der Waals surface area contributed by atoms with E-state index in [4.69, 9.17) is 0 Å². The molecular formula is C20H22N2O. The second kappa shape index (κ2) is 6.29. The van der Waals surface area contributed by atoms with E-state index in [0.717, 1.165) is 27.7 Å². The average molecular weight is 306 g/mol. The monoisotopic (exact) mass is 306 g/mol. The van der Waals surface area contributed by atoms with Gasteiger partial charge in [0.2, 0.25) is 5.91 Å². The molecule has 0 saturated heterocycles. The van der Waals surface area contributed by atoms with E-state index in [2.05, 4.69) is 35.4 Å². The van der Waals surface area contributed by atoms with Crippen molar-refractivity contribution in [2.75, 3.05) is 0 Å². The quantitative estimate of drug-likeness (QED) is 0.745. The third kappa shape index (κ3) is 3.14. The van der Waals surface area contributed by atoms with Crippen molar-refractivity contribution in [1.82, 2.24) is 10.3 Å². The number of hydrogen-bond donors (Lipinski definition) is 2. The van der Waals surface area contributed by atoms with Crippen LogP contribution in [0.1, 0.15) is 35.3 Å². The molecule has 0 radical (unpaired) electrons. The van der Waals surface area contributed by atoms with Crippen LogP contribution < -0.4 is 5.32 Å². The summed E-state index contributed by atoms with van der Waals surface area (Å²) in [6, 6.07) is 16.3. The van der Waals surface area contributed by atoms with Crippen LogP contribution in [0.25, 0.3) is 10.9 Å². The molecule has 0 bridgehead atoms. The van der Waals surface area contributed by atoms with Crippen LogP contribution in [0.15, 0.2) is 48.5 Å². The maximum Gasteiger partial charge on any atom is 0.224 e. The fraction of sp³-hybridized carbons (Fsp3) is 0.250. The van der Waals surface area contributed by atoms with Gasteiger partial charge >= 0.3 is 0 Å². The minimum atomic E-state index is 0.00853. The van der Waals surface area contributed by atoms with Crippen molar-refractivity contribution in [3.63, 3.8) is 0 Å². The summed E-state index contributed by atoms with van der Waals surface area (Å²) in [6.07, 6.45) is 0.395. The second-order valence-electron chi connectivity index (χ2n) is 6.10. The summed E-state index contributed by atoms with van der Waals surface area (Å²) in [5, 5.41) is 4.24. The predicted molar refractivity (Wildman–Crippen MR) is 94.5 cm³/mol. The lowest BCUT2D eigenvalue weighted by Gasteiger charge is -2.16. The van der Waals surface area contributed by atoms with E-state index in [0.29, 0.717) is 6.42 Å². The lowest BCUT2D eigenvalue weighted by atomic mass is 10.0. The largest absolute Gasteiger partial charge is 0.358 e. The Morgan fingerprint density at radius 1 is 1.09 bits per heavy atom. The fourth-order valence-corrected chi connectivity index (χ4v) is 3.17. The highest BCUT2D eigenvalue weighted by molar-refractivity contribution is 5.90. The van der Waals surface area contributed by atoms with E-state index < -0.39 is 0 Å². The van der Waals surface area contributed by atoms with Crippen molar-refractivity contribution in [3.05, 3.63) is 70.9 Å². The maximum absolute atomic E-state index is 12.5. The lowest BCUT2D eigenvalue weighted by Crippen LogP contribution is -2.28. The van der Waals surface area contributed by atoms with E-state index in [-0.39, 0.29) is 11.9 Å². The summed E-state index contributed by atoms with van der Waals surface area (Å²) in [7, 11) is 0. The van der Waals surface area contributed by atoms with Gasteiger partial charge in [-0.15, -0.1) is 0 Å². The van der Waals surface area contributed by atoms with Crippen LogP contribution in [0.4, 0.5) is 0 Å². The van der Waals surface area contributed by atoms with Crippen LogP contribution in [0.2, 0.25) is 0 Å². The first-order valence-electron chi connectivity index (χ1n) is 7.97. The molecule has 1 heterocycles. The molecule has 1 aromatic heterocycles. The number of benzene rings is 2. The first kappa shape index (κ1) is 15.3. The van der Waals surface area contributed by atoms with Gasteiger partial charge in [-0.2, -0.15) is 0 Å². The Bertz CT molecular complexity index is 848. The van der Waals surface area contributed by atoms with Crippen LogP contribution in [-0.2, 0) is 11.2 Å². The summed E-state index contributed by atoms with van der Waals surface area (Å²) < 4.78 is 0. The number of rotatable bonds is 4. The second-order valence-corrected chi connectivity index (χ2v) is 6.10. The van der Waals surface area contributed by atoms with Crippen molar-refractivity contribution in [1.29, 1.82) is 0 Å². The van der Waals surface area contributed by atoms with Gasteiger partial charge in [-0.3, -0.25) is 4.79 Å². The zero-order valence-electron chi connectivity index (χ0n) is 13.8. The standard InChI is InChI=1S/C20H22N2O/c1-13-8-4-5-9-16(13)14(2)22-20(23)12-18-15(3)21-19-11-7-6-10-17(18)19/h4-11,14,21H,12H2,1-3H3,(H,22,23). The molecule has 0 spiro atoms. The van der Waals surface area contributed by atoms with Gasteiger partial charge < -0.3 is 10.3 Å². The summed E-state index contributed by atoms with van der Waals surface area (Å²) in [4.78, 5) is 15.8. The average Bonchev–Trinajstić information content (AvgIpc) is 2.83. The zero-order chi connectivity index (χ0) is 16.4. The van der Waals surface area contributed by atoms with Crippen LogP contribution in [0.5, 0.6) is 0 Å². The van der Waals surface area contributed by atoms with Gasteiger partial charge in [-0.05, 0) is 43.5 Å². The van der Waals surface area contributed by atoms with Crippen LogP contribution in [-0.4, -0.2) is 10.9 Å². The SMILES string of the molecule is Cc1ccccc1C(C)NC(=O)Cc1c(C)[nH]c2ccccc12. The number of carbonyl (C=O) groups is 1. The zero-order valence-corrected chi connectivity index (χ0v) is 13.8. The van der Waals surface area contributed by atoms with E-state index >= 15 is 0 Å². The van der Waals surface area contributed by atoms with Crippen LogP contribution in [0, 0.1) is 13.8 Å². The van der Waals surface area contributed by atoms with Crippen molar-refractivity contribution in [2.24, 2.45) is 0 Å². The molecule has 2 N–H and O–H groups in total. The molecular weight excluding hydrogens is 284 g/mol. The topological polar surface area (TPSA) is 44.9 Å². The van der Waals surface area contributed by atoms with Crippen LogP contribution >= 0.6 is 0 Å². The molecule has 0 aliphatic heterocycles. The van der Waals surface area contributed by atoms with Gasteiger partial charge in [0.25, 0.3) is 0 Å². The molecule has 3 nitrogen and oxygen atoms in total. The Morgan fingerprint density at radius 2 is 1.78 bits per heavy atom. The maximum atomic E-state index is 12.5. The highest BCUT2D eigenvalue weighted by atomic mass is 16.1. The number of nitrogens with one attached hydrogen (secondary N) is 2. The first-order chi connectivity index (χ1) is 11.1. The number of fused-ring (bicyclic) bond motifs is 1. The molecule has 118 valence electrons. The van der Waals surface area contributed by atoms with Gasteiger partial charge in [-0.25, -0.2) is 0 Å². The Hall–Kier alpha value is -2.55. The molecule has 3 rings (SSSR count). The van der Waals surface area contributed by atoms with E-state index in [1.54, 1.807) is 0 Å². The molecule has 0 saturated carbocycles. The van der Waals surface area contributed by atoms with Crippen molar-refractivity contribution in [2.45, 2.75) is 33.2 Å². The molecule has 0 aliphatic carbocycles. The van der Waals surface area contributed by atoms with Gasteiger partial charge in [-0.1, -0.05) is 42.5 Å². The molecule has 0 aliphatic rings. The minimum absolute atomic E-state index is 0.00853. The van der Waals surface area contributed by atoms with E-state index in [9.17, 15) is 4.79 Å². The van der Waals surface area contributed by atoms with E-state index in [1.807, 2.05) is 44.2 Å². The third-order valence-corrected chi connectivity index (χ3v) is 4.40. The normalized spacial score (nSPS) is 12.3. The molecule has 3 aromatic rings. The molecule has 3 heteroatoms. The Morgan fingerprint density at radius 3 is 2.57 bits per heavy atom. The number of amides is 1. The Labute approximate surface area is 136 Å². The highest BCUT2D eigenvalue weighted by Gasteiger charge is 2.15. The van der Waals surface area contributed by atoms with Crippen molar-refractivity contribution in [3.8, 4) is 0 Å². The third-order valence-electron chi connectivity index (χ3n) is 4.40. The molecule has 23 heavy (non-hydrogen) atoms. The smallest absolute Gasteiger partial charge is 0.224 e. The molecule has 2 aromatic carbocycles. The number of aromatic nitrogens is 1. The summed E-state index contributed by atoms with van der Waals surface area (Å²) in [5.74, 6) is 0.0496. The fourth-order valence-electron chi connectivity index (χ4n) is 3.17. The van der Waals surface area contributed by atoms with Gasteiger partial charge in [0.1, 0.15) is 0 Å². The van der Waals surface area contributed by atoms with Crippen LogP contribution in [0.3, 0.4) is 0 Å². The van der Waals surface area contributed by atoms with Gasteiger partial charge in [0, 0.05) is 16.6 Å². The van der Waals surface area contributed by atoms with Crippen molar-refractivity contribution < 1.29 is 4.79 Å². The number of para-hydroxylation sites is 1. The molecule has 1 unspecified atom stereocenters. The molecule has 1 atom stereocenters. The number of carbonyl (C=O) groups excluding carboxylic acids is 1. The Balaban J connectivity index is 1.76. The first-order valence-corrected chi connectivity index (χ1v) is 7.97. The lowest BCUT2D eigenvalue weighted by molar-refractivity contribution is -0.121. The number of hydrogen-bond acceptors (Lipinski definition) is 1. The summed E-state index contributed by atoms with van der Waals surface area (Å²) in [6.45, 7) is 6.12. The van der Waals surface area contributed by atoms with Crippen molar-refractivity contribution >= 4 is 16.8 Å². The highest BCUT2D eigenvalue weighted by Crippen LogP contribution is 2.23. The summed E-state index contributed by atoms with van der Waals surface area (Å²) in [5.41, 5.74) is 5.58. The summed E-state index contributed by atoms with van der Waals surface area (Å²) >= 11 is 0.